The molecule has 1 atom stereocenters. The van der Waals surface area contributed by atoms with Crippen molar-refractivity contribution in [3.8, 4) is 0 Å². The summed E-state index contributed by atoms with van der Waals surface area (Å²) in [6, 6.07) is 4.04. The molecular formula is C15H17N3OS2. The molecule has 0 saturated carbocycles. The molecule has 110 valence electrons. The number of likely N-dealkylation sites (tertiary alicyclic amines) is 1. The Hall–Kier alpha value is -1.40. The molecule has 1 aliphatic rings. The fourth-order valence-corrected chi connectivity index (χ4v) is 4.10. The van der Waals surface area contributed by atoms with E-state index in [1.165, 1.54) is 6.42 Å². The van der Waals surface area contributed by atoms with Gasteiger partial charge in [-0.2, -0.15) is 0 Å². The minimum absolute atomic E-state index is 0.171. The summed E-state index contributed by atoms with van der Waals surface area (Å²) in [6.45, 7) is 0.847. The summed E-state index contributed by atoms with van der Waals surface area (Å²) in [6.07, 6.45) is 8.62. The zero-order valence-corrected chi connectivity index (χ0v) is 13.3. The Morgan fingerprint density at radius 1 is 1.33 bits per heavy atom. The van der Waals surface area contributed by atoms with Crippen molar-refractivity contribution in [1.29, 1.82) is 0 Å². The standard InChI is InChI=1S/C15H17N3OS2/c19-14(11-21-12-4-6-16-7-5-12)18-9-2-1-3-13(18)15-17-8-10-20-15/h4-8,10,13H,1-3,9,11H2/t13-/m1/s1. The largest absolute Gasteiger partial charge is 0.332 e. The first-order chi connectivity index (χ1) is 10.3. The van der Waals surface area contributed by atoms with E-state index in [2.05, 4.69) is 9.97 Å². The molecule has 0 spiro atoms. The van der Waals surface area contributed by atoms with Gasteiger partial charge in [0.2, 0.25) is 5.91 Å². The van der Waals surface area contributed by atoms with Crippen molar-refractivity contribution in [3.63, 3.8) is 0 Å². The molecule has 1 saturated heterocycles. The fraction of sp³-hybridized carbons (Fsp3) is 0.400. The highest BCUT2D eigenvalue weighted by molar-refractivity contribution is 8.00. The Labute approximate surface area is 132 Å². The van der Waals surface area contributed by atoms with E-state index < -0.39 is 0 Å². The number of hydrogen-bond acceptors (Lipinski definition) is 5. The number of hydrogen-bond donors (Lipinski definition) is 0. The molecule has 6 heteroatoms. The van der Waals surface area contributed by atoms with Gasteiger partial charge in [-0.3, -0.25) is 9.78 Å². The molecule has 4 nitrogen and oxygen atoms in total. The average molecular weight is 319 g/mol. The second-order valence-corrected chi connectivity index (χ2v) is 6.92. The normalized spacial score (nSPS) is 18.7. The highest BCUT2D eigenvalue weighted by Gasteiger charge is 2.29. The molecule has 0 unspecified atom stereocenters. The van der Waals surface area contributed by atoms with E-state index in [4.69, 9.17) is 0 Å². The third kappa shape index (κ3) is 3.63. The highest BCUT2D eigenvalue weighted by atomic mass is 32.2. The summed E-state index contributed by atoms with van der Waals surface area (Å²) in [5, 5.41) is 3.05. The van der Waals surface area contributed by atoms with Crippen LogP contribution in [0, 0.1) is 0 Å². The number of thiazole rings is 1. The molecule has 3 heterocycles. The van der Waals surface area contributed by atoms with Crippen LogP contribution in [0.25, 0.3) is 0 Å². The summed E-state index contributed by atoms with van der Waals surface area (Å²) in [7, 11) is 0. The number of amides is 1. The molecule has 0 aliphatic carbocycles. The van der Waals surface area contributed by atoms with Crippen molar-refractivity contribution >= 4 is 29.0 Å². The lowest BCUT2D eigenvalue weighted by Gasteiger charge is -2.34. The van der Waals surface area contributed by atoms with Crippen LogP contribution < -0.4 is 0 Å². The lowest BCUT2D eigenvalue weighted by atomic mass is 10.0. The Morgan fingerprint density at radius 2 is 2.19 bits per heavy atom. The lowest BCUT2D eigenvalue weighted by Crippen LogP contribution is -2.39. The molecule has 21 heavy (non-hydrogen) atoms. The summed E-state index contributed by atoms with van der Waals surface area (Å²) >= 11 is 3.22. The summed E-state index contributed by atoms with van der Waals surface area (Å²) < 4.78 is 0. The quantitative estimate of drug-likeness (QED) is 0.811. The van der Waals surface area contributed by atoms with Gasteiger partial charge < -0.3 is 4.90 Å². The third-order valence-corrected chi connectivity index (χ3v) is 5.45. The molecule has 1 amide bonds. The summed E-state index contributed by atoms with van der Waals surface area (Å²) in [4.78, 5) is 24.0. The van der Waals surface area contributed by atoms with Crippen LogP contribution in [0.5, 0.6) is 0 Å². The monoisotopic (exact) mass is 319 g/mol. The lowest BCUT2D eigenvalue weighted by molar-refractivity contribution is -0.132. The highest BCUT2D eigenvalue weighted by Crippen LogP contribution is 2.32. The van der Waals surface area contributed by atoms with Gasteiger partial charge in [-0.1, -0.05) is 0 Å². The molecule has 1 aliphatic heterocycles. The van der Waals surface area contributed by atoms with Crippen molar-refractivity contribution in [2.45, 2.75) is 30.2 Å². The van der Waals surface area contributed by atoms with Crippen LogP contribution in [-0.4, -0.2) is 33.1 Å². The Balaban J connectivity index is 1.64. The smallest absolute Gasteiger partial charge is 0.233 e. The van der Waals surface area contributed by atoms with E-state index in [1.807, 2.05) is 28.6 Å². The first-order valence-electron chi connectivity index (χ1n) is 7.06. The molecule has 3 rings (SSSR count). The molecular weight excluding hydrogens is 302 g/mol. The fourth-order valence-electron chi connectivity index (χ4n) is 2.55. The summed E-state index contributed by atoms with van der Waals surface area (Å²) in [5.41, 5.74) is 0. The zero-order chi connectivity index (χ0) is 14.5. The minimum atomic E-state index is 0.171. The predicted octanol–water partition coefficient (Wildman–Crippen LogP) is 3.38. The molecule has 0 N–H and O–H groups in total. The number of rotatable bonds is 4. The number of carbonyl (C=O) groups is 1. The van der Waals surface area contributed by atoms with E-state index in [9.17, 15) is 4.79 Å². The van der Waals surface area contributed by atoms with Gasteiger partial charge in [0.25, 0.3) is 0 Å². The Bertz CT molecular complexity index is 574. The van der Waals surface area contributed by atoms with E-state index in [1.54, 1.807) is 35.5 Å². The van der Waals surface area contributed by atoms with Crippen LogP contribution in [0.15, 0.2) is 41.0 Å². The van der Waals surface area contributed by atoms with Gasteiger partial charge >= 0.3 is 0 Å². The number of piperidine rings is 1. The van der Waals surface area contributed by atoms with E-state index in [0.29, 0.717) is 5.75 Å². The predicted molar refractivity (Wildman–Crippen MR) is 85.4 cm³/mol. The molecule has 2 aromatic heterocycles. The van der Waals surface area contributed by atoms with Crippen molar-refractivity contribution in [3.05, 3.63) is 41.1 Å². The first kappa shape index (κ1) is 14.5. The molecule has 2 aromatic rings. The topological polar surface area (TPSA) is 46.1 Å². The van der Waals surface area contributed by atoms with Crippen LogP contribution in [0.2, 0.25) is 0 Å². The van der Waals surface area contributed by atoms with Crippen LogP contribution in [-0.2, 0) is 4.79 Å². The summed E-state index contributed by atoms with van der Waals surface area (Å²) in [5.74, 6) is 0.683. The van der Waals surface area contributed by atoms with Gasteiger partial charge in [0.15, 0.2) is 0 Å². The number of carbonyl (C=O) groups excluding carboxylic acids is 1. The van der Waals surface area contributed by atoms with Gasteiger partial charge in [0.1, 0.15) is 5.01 Å². The van der Waals surface area contributed by atoms with E-state index >= 15 is 0 Å². The van der Waals surface area contributed by atoms with Crippen LogP contribution in [0.1, 0.15) is 30.3 Å². The van der Waals surface area contributed by atoms with Crippen molar-refractivity contribution in [2.24, 2.45) is 0 Å². The zero-order valence-electron chi connectivity index (χ0n) is 11.6. The Kier molecular flexibility index (Phi) is 4.87. The van der Waals surface area contributed by atoms with Crippen LogP contribution in [0.4, 0.5) is 0 Å². The molecule has 0 aromatic carbocycles. The average Bonchev–Trinajstić information content (AvgIpc) is 3.08. The maximum atomic E-state index is 12.5. The maximum Gasteiger partial charge on any atom is 0.233 e. The van der Waals surface area contributed by atoms with Crippen LogP contribution in [0.3, 0.4) is 0 Å². The Morgan fingerprint density at radius 3 is 2.95 bits per heavy atom. The SMILES string of the molecule is O=C(CSc1ccncc1)N1CCCC[C@@H]1c1nccs1. The number of aromatic nitrogens is 2. The van der Waals surface area contributed by atoms with Crippen molar-refractivity contribution in [2.75, 3.05) is 12.3 Å². The van der Waals surface area contributed by atoms with Gasteiger partial charge in [0.05, 0.1) is 11.8 Å². The second kappa shape index (κ2) is 7.04. The third-order valence-electron chi connectivity index (χ3n) is 3.57. The van der Waals surface area contributed by atoms with E-state index in [0.717, 1.165) is 29.3 Å². The van der Waals surface area contributed by atoms with Crippen molar-refractivity contribution in [1.82, 2.24) is 14.9 Å². The molecule has 0 bridgehead atoms. The number of nitrogens with zero attached hydrogens (tertiary/aromatic N) is 3. The maximum absolute atomic E-state index is 12.5. The van der Waals surface area contributed by atoms with E-state index in [-0.39, 0.29) is 11.9 Å². The number of pyridine rings is 1. The first-order valence-corrected chi connectivity index (χ1v) is 8.93. The van der Waals surface area contributed by atoms with Gasteiger partial charge in [-0.05, 0) is 31.4 Å². The van der Waals surface area contributed by atoms with Gasteiger partial charge in [-0.15, -0.1) is 23.1 Å². The van der Waals surface area contributed by atoms with Gasteiger partial charge in [-0.25, -0.2) is 4.98 Å². The van der Waals surface area contributed by atoms with Crippen molar-refractivity contribution < 1.29 is 4.79 Å². The minimum Gasteiger partial charge on any atom is -0.332 e. The van der Waals surface area contributed by atoms with Crippen LogP contribution >= 0.6 is 23.1 Å². The van der Waals surface area contributed by atoms with Gasteiger partial charge in [0, 0.05) is 35.4 Å². The second-order valence-electron chi connectivity index (χ2n) is 4.94. The molecule has 1 fully saturated rings. The number of thioether (sulfide) groups is 1. The molecule has 0 radical (unpaired) electrons.